The molecule has 1 amide bonds. The van der Waals surface area contributed by atoms with E-state index >= 15 is 0 Å². The second kappa shape index (κ2) is 6.95. The zero-order chi connectivity index (χ0) is 13.5. The number of aryl methyl sites for hydroxylation is 1. The normalized spacial score (nSPS) is 10.3. The van der Waals surface area contributed by atoms with Crippen molar-refractivity contribution in [3.8, 4) is 5.75 Å². The predicted octanol–water partition coefficient (Wildman–Crippen LogP) is 2.75. The van der Waals surface area contributed by atoms with Crippen LogP contribution in [0.4, 0.5) is 0 Å². The largest absolute Gasteiger partial charge is 0.508 e. The van der Waals surface area contributed by atoms with Gasteiger partial charge in [0.1, 0.15) is 5.75 Å². The summed E-state index contributed by atoms with van der Waals surface area (Å²) in [4.78, 5) is 12.9. The van der Waals surface area contributed by atoms with Crippen LogP contribution in [0.5, 0.6) is 5.75 Å². The van der Waals surface area contributed by atoms with Crippen molar-refractivity contribution in [2.24, 2.45) is 0 Å². The predicted molar refractivity (Wildman–Crippen MR) is 77.5 cm³/mol. The average molecular weight is 275 g/mol. The van der Waals surface area contributed by atoms with Crippen molar-refractivity contribution < 1.29 is 9.90 Å². The van der Waals surface area contributed by atoms with E-state index < -0.39 is 0 Å². The molecule has 1 aromatic heterocycles. The number of amides is 1. The smallest absolute Gasteiger partial charge is 0.220 e. The second-order valence-electron chi connectivity index (χ2n) is 4.31. The van der Waals surface area contributed by atoms with Crippen molar-refractivity contribution in [3.05, 3.63) is 52.2 Å². The zero-order valence-corrected chi connectivity index (χ0v) is 11.5. The van der Waals surface area contributed by atoms with Crippen molar-refractivity contribution in [1.82, 2.24) is 5.32 Å². The molecule has 0 atom stereocenters. The number of phenolic OH excluding ortho intramolecular Hbond substituents is 1. The molecule has 0 aliphatic carbocycles. The molecule has 0 aliphatic rings. The highest BCUT2D eigenvalue weighted by Crippen LogP contribution is 2.15. The Bertz CT molecular complexity index is 523. The number of carbonyl (C=O) groups excluding carboxylic acids is 1. The first-order valence-corrected chi connectivity index (χ1v) is 7.19. The van der Waals surface area contributed by atoms with Crippen molar-refractivity contribution in [3.63, 3.8) is 0 Å². The molecule has 2 N–H and O–H groups in total. The van der Waals surface area contributed by atoms with Gasteiger partial charge in [-0.05, 0) is 35.9 Å². The fraction of sp³-hybridized carbons (Fsp3) is 0.267. The Morgan fingerprint density at radius 1 is 1.16 bits per heavy atom. The first-order chi connectivity index (χ1) is 9.25. The molecule has 0 saturated carbocycles. The number of carbonyl (C=O) groups is 1. The summed E-state index contributed by atoms with van der Waals surface area (Å²) >= 11 is 1.67. The van der Waals surface area contributed by atoms with Crippen LogP contribution in [0.25, 0.3) is 0 Å². The third kappa shape index (κ3) is 4.41. The summed E-state index contributed by atoms with van der Waals surface area (Å²) in [5, 5.41) is 14.5. The minimum Gasteiger partial charge on any atom is -0.508 e. The molecule has 0 unspecified atom stereocenters. The Labute approximate surface area is 116 Å². The van der Waals surface area contributed by atoms with E-state index in [2.05, 4.69) is 5.32 Å². The lowest BCUT2D eigenvalue weighted by atomic mass is 10.1. The number of benzene rings is 1. The van der Waals surface area contributed by atoms with E-state index in [1.807, 2.05) is 29.6 Å². The summed E-state index contributed by atoms with van der Waals surface area (Å²) in [5.41, 5.74) is 0.862. The van der Waals surface area contributed by atoms with Gasteiger partial charge in [0, 0.05) is 17.8 Å². The molecule has 100 valence electrons. The summed E-state index contributed by atoms with van der Waals surface area (Å²) in [7, 11) is 0. The van der Waals surface area contributed by atoms with Crippen molar-refractivity contribution >= 4 is 17.2 Å². The maximum Gasteiger partial charge on any atom is 0.220 e. The highest BCUT2D eigenvalue weighted by atomic mass is 32.1. The molecule has 0 bridgehead atoms. The fourth-order valence-electron chi connectivity index (χ4n) is 1.84. The molecular formula is C15H17NO2S. The van der Waals surface area contributed by atoms with Crippen LogP contribution in [-0.2, 0) is 17.6 Å². The third-order valence-corrected chi connectivity index (χ3v) is 3.82. The molecule has 1 heterocycles. The van der Waals surface area contributed by atoms with Gasteiger partial charge in [-0.2, -0.15) is 0 Å². The number of hydrogen-bond acceptors (Lipinski definition) is 3. The van der Waals surface area contributed by atoms with Gasteiger partial charge in [-0.3, -0.25) is 4.79 Å². The summed E-state index contributed by atoms with van der Waals surface area (Å²) in [6.45, 7) is 0.556. The molecule has 1 aromatic carbocycles. The van der Waals surface area contributed by atoms with Crippen LogP contribution in [0.3, 0.4) is 0 Å². The van der Waals surface area contributed by atoms with Crippen LogP contribution >= 0.6 is 11.3 Å². The summed E-state index contributed by atoms with van der Waals surface area (Å²) in [6, 6.07) is 11.2. The first kappa shape index (κ1) is 13.6. The number of phenols is 1. The number of thiophene rings is 1. The van der Waals surface area contributed by atoms with Crippen LogP contribution < -0.4 is 5.32 Å². The Kier molecular flexibility index (Phi) is 4.98. The van der Waals surface area contributed by atoms with E-state index in [0.29, 0.717) is 19.4 Å². The Balaban J connectivity index is 1.68. The van der Waals surface area contributed by atoms with E-state index in [4.69, 9.17) is 0 Å². The average Bonchev–Trinajstić information content (AvgIpc) is 2.92. The second-order valence-corrected chi connectivity index (χ2v) is 5.34. The fourth-order valence-corrected chi connectivity index (χ4v) is 2.55. The quantitative estimate of drug-likeness (QED) is 0.851. The Morgan fingerprint density at radius 2 is 2.00 bits per heavy atom. The standard InChI is InChI=1S/C15H17NO2S/c17-14-6-2-1-4-12(14)9-10-16-15(18)8-7-13-5-3-11-19-13/h1-6,11,17H,7-10H2,(H,16,18). The van der Waals surface area contributed by atoms with Crippen LogP contribution in [-0.4, -0.2) is 17.6 Å². The Hall–Kier alpha value is -1.81. The summed E-state index contributed by atoms with van der Waals surface area (Å²) in [5.74, 6) is 0.346. The maximum atomic E-state index is 11.6. The van der Waals surface area contributed by atoms with E-state index in [9.17, 15) is 9.90 Å². The van der Waals surface area contributed by atoms with Crippen molar-refractivity contribution in [2.45, 2.75) is 19.3 Å². The molecule has 2 aromatic rings. The minimum atomic E-state index is 0.0591. The lowest BCUT2D eigenvalue weighted by molar-refractivity contribution is -0.121. The molecular weight excluding hydrogens is 258 g/mol. The first-order valence-electron chi connectivity index (χ1n) is 6.31. The molecule has 0 saturated heterocycles. The summed E-state index contributed by atoms with van der Waals surface area (Å²) < 4.78 is 0. The molecule has 2 rings (SSSR count). The van der Waals surface area contributed by atoms with E-state index in [-0.39, 0.29) is 11.7 Å². The van der Waals surface area contributed by atoms with Gasteiger partial charge in [-0.15, -0.1) is 11.3 Å². The van der Waals surface area contributed by atoms with E-state index in [0.717, 1.165) is 12.0 Å². The third-order valence-electron chi connectivity index (χ3n) is 2.89. The molecule has 0 spiro atoms. The number of para-hydroxylation sites is 1. The topological polar surface area (TPSA) is 49.3 Å². The van der Waals surface area contributed by atoms with Gasteiger partial charge in [-0.25, -0.2) is 0 Å². The van der Waals surface area contributed by atoms with Crippen molar-refractivity contribution in [1.29, 1.82) is 0 Å². The van der Waals surface area contributed by atoms with Gasteiger partial charge in [0.05, 0.1) is 0 Å². The molecule has 0 aliphatic heterocycles. The maximum absolute atomic E-state index is 11.6. The van der Waals surface area contributed by atoms with Crippen LogP contribution in [0, 0.1) is 0 Å². The summed E-state index contributed by atoms with van der Waals surface area (Å²) in [6.07, 6.45) is 1.96. The Morgan fingerprint density at radius 3 is 2.74 bits per heavy atom. The highest BCUT2D eigenvalue weighted by molar-refractivity contribution is 7.09. The van der Waals surface area contributed by atoms with Gasteiger partial charge in [0.25, 0.3) is 0 Å². The monoisotopic (exact) mass is 275 g/mol. The zero-order valence-electron chi connectivity index (χ0n) is 10.6. The molecule has 19 heavy (non-hydrogen) atoms. The molecule has 0 fully saturated rings. The van der Waals surface area contributed by atoms with Gasteiger partial charge in [0.2, 0.25) is 5.91 Å². The van der Waals surface area contributed by atoms with Crippen LogP contribution in [0.2, 0.25) is 0 Å². The van der Waals surface area contributed by atoms with Gasteiger partial charge in [0.15, 0.2) is 0 Å². The number of nitrogens with one attached hydrogen (secondary N) is 1. The lowest BCUT2D eigenvalue weighted by Crippen LogP contribution is -2.25. The molecule has 0 radical (unpaired) electrons. The lowest BCUT2D eigenvalue weighted by Gasteiger charge is -2.06. The van der Waals surface area contributed by atoms with Gasteiger partial charge < -0.3 is 10.4 Å². The number of aromatic hydroxyl groups is 1. The highest BCUT2D eigenvalue weighted by Gasteiger charge is 2.04. The van der Waals surface area contributed by atoms with Crippen LogP contribution in [0.1, 0.15) is 16.9 Å². The minimum absolute atomic E-state index is 0.0591. The van der Waals surface area contributed by atoms with Crippen LogP contribution in [0.15, 0.2) is 41.8 Å². The number of rotatable bonds is 6. The van der Waals surface area contributed by atoms with Crippen molar-refractivity contribution in [2.75, 3.05) is 6.54 Å². The number of hydrogen-bond donors (Lipinski definition) is 2. The molecule has 3 nitrogen and oxygen atoms in total. The SMILES string of the molecule is O=C(CCc1cccs1)NCCc1ccccc1O. The van der Waals surface area contributed by atoms with Gasteiger partial charge in [-0.1, -0.05) is 24.3 Å². The van der Waals surface area contributed by atoms with Gasteiger partial charge >= 0.3 is 0 Å². The van der Waals surface area contributed by atoms with E-state index in [1.165, 1.54) is 4.88 Å². The van der Waals surface area contributed by atoms with E-state index in [1.54, 1.807) is 23.5 Å². The molecule has 4 heteroatoms.